The summed E-state index contributed by atoms with van der Waals surface area (Å²) in [5, 5.41) is 5.99. The Labute approximate surface area is 230 Å². The van der Waals surface area contributed by atoms with Crippen molar-refractivity contribution in [3.8, 4) is 11.6 Å². The van der Waals surface area contributed by atoms with Crippen molar-refractivity contribution in [1.82, 2.24) is 25.6 Å². The Kier molecular flexibility index (Phi) is 7.53. The first-order valence-corrected chi connectivity index (χ1v) is 14.7. The number of fused-ring (bicyclic) bond motifs is 1. The van der Waals surface area contributed by atoms with Crippen molar-refractivity contribution < 1.29 is 27.1 Å². The number of rotatable bonds is 7. The summed E-state index contributed by atoms with van der Waals surface area (Å²) in [6.45, 7) is 1.84. The number of H-pyrrole nitrogens is 1. The minimum atomic E-state index is -3.48. The van der Waals surface area contributed by atoms with E-state index in [0.717, 1.165) is 29.9 Å². The second-order valence-electron chi connectivity index (χ2n) is 9.87. The molecular formula is C28H28FN5O5S. The number of para-hydroxylation sites is 1. The van der Waals surface area contributed by atoms with Crippen LogP contribution in [0.25, 0.3) is 11.0 Å². The lowest BCUT2D eigenvalue weighted by Gasteiger charge is -2.29. The molecule has 2 heterocycles. The highest BCUT2D eigenvalue weighted by molar-refractivity contribution is 7.90. The van der Waals surface area contributed by atoms with E-state index >= 15 is 0 Å². The standard InChI is InChI=1S/C28H28FN5O5S/c1-16-31-24-8-4-7-22(25(24)32-16)26(35)33-18-9-11-19(12-10-18)34-27(36)23-13-17(29)15-30-28(23)39-20-5-3-6-21(14-20)40(2,37)38/h3-8,13-15,18-19H,9-12H2,1-2H3,(H,31,32)(H,33,35)(H,34,36). The number of carbonyl (C=O) groups is 2. The highest BCUT2D eigenvalue weighted by Gasteiger charge is 2.26. The number of nitrogens with zero attached hydrogens (tertiary/aromatic N) is 2. The predicted molar refractivity (Wildman–Crippen MR) is 146 cm³/mol. The van der Waals surface area contributed by atoms with Crippen molar-refractivity contribution in [2.45, 2.75) is 49.6 Å². The van der Waals surface area contributed by atoms with E-state index in [-0.39, 0.29) is 40.1 Å². The summed E-state index contributed by atoms with van der Waals surface area (Å²) in [5.41, 5.74) is 1.85. The van der Waals surface area contributed by atoms with Gasteiger partial charge in [0, 0.05) is 18.3 Å². The van der Waals surface area contributed by atoms with Crippen molar-refractivity contribution in [2.75, 3.05) is 6.26 Å². The van der Waals surface area contributed by atoms with Crippen molar-refractivity contribution >= 4 is 32.7 Å². The summed E-state index contributed by atoms with van der Waals surface area (Å²) < 4.78 is 43.5. The fourth-order valence-corrected chi connectivity index (χ4v) is 5.46. The van der Waals surface area contributed by atoms with Gasteiger partial charge in [0.25, 0.3) is 11.8 Å². The summed E-state index contributed by atoms with van der Waals surface area (Å²) in [6.07, 6.45) is 4.52. The summed E-state index contributed by atoms with van der Waals surface area (Å²) >= 11 is 0. The molecule has 3 N–H and O–H groups in total. The lowest BCUT2D eigenvalue weighted by Crippen LogP contribution is -2.44. The third-order valence-corrected chi connectivity index (χ3v) is 7.90. The largest absolute Gasteiger partial charge is 0.438 e. The molecule has 2 aromatic carbocycles. The zero-order valence-corrected chi connectivity index (χ0v) is 22.7. The zero-order chi connectivity index (χ0) is 28.4. The first kappa shape index (κ1) is 27.3. The van der Waals surface area contributed by atoms with Gasteiger partial charge in [-0.25, -0.2) is 22.8 Å². The van der Waals surface area contributed by atoms with E-state index < -0.39 is 21.6 Å². The Morgan fingerprint density at radius 1 is 0.975 bits per heavy atom. The smallest absolute Gasteiger partial charge is 0.257 e. The van der Waals surface area contributed by atoms with Gasteiger partial charge in [-0.1, -0.05) is 12.1 Å². The molecule has 4 aromatic rings. The second-order valence-corrected chi connectivity index (χ2v) is 11.9. The molecule has 0 saturated heterocycles. The first-order chi connectivity index (χ1) is 19.1. The van der Waals surface area contributed by atoms with Crippen LogP contribution in [0.15, 0.2) is 59.6 Å². The molecule has 0 radical (unpaired) electrons. The lowest BCUT2D eigenvalue weighted by molar-refractivity contribution is 0.0890. The number of benzene rings is 2. The monoisotopic (exact) mass is 565 g/mol. The van der Waals surface area contributed by atoms with E-state index in [0.29, 0.717) is 36.8 Å². The van der Waals surface area contributed by atoms with Crippen LogP contribution >= 0.6 is 0 Å². The van der Waals surface area contributed by atoms with E-state index in [2.05, 4.69) is 25.6 Å². The SMILES string of the molecule is Cc1nc2cccc(C(=O)NC3CCC(NC(=O)c4cc(F)cnc4Oc4cccc(S(C)(=O)=O)c4)CC3)c2[nH]1. The molecule has 0 bridgehead atoms. The van der Waals surface area contributed by atoms with Gasteiger partial charge in [0.05, 0.1) is 27.7 Å². The average molecular weight is 566 g/mol. The number of hydrogen-bond acceptors (Lipinski definition) is 7. The molecule has 40 heavy (non-hydrogen) atoms. The Bertz CT molecular complexity index is 1700. The third kappa shape index (κ3) is 6.12. The predicted octanol–water partition coefficient (Wildman–Crippen LogP) is 4.07. The highest BCUT2D eigenvalue weighted by Crippen LogP contribution is 2.27. The van der Waals surface area contributed by atoms with Crippen molar-refractivity contribution in [3.63, 3.8) is 0 Å². The number of ether oxygens (including phenoxy) is 1. The Morgan fingerprint density at radius 3 is 2.30 bits per heavy atom. The fraction of sp³-hybridized carbons (Fsp3) is 0.286. The van der Waals surface area contributed by atoms with Crippen molar-refractivity contribution in [2.24, 2.45) is 0 Å². The first-order valence-electron chi connectivity index (χ1n) is 12.8. The van der Waals surface area contributed by atoms with Crippen LogP contribution in [0.3, 0.4) is 0 Å². The number of sulfone groups is 1. The van der Waals surface area contributed by atoms with Crippen LogP contribution < -0.4 is 15.4 Å². The number of aromatic amines is 1. The van der Waals surface area contributed by atoms with Crippen LogP contribution in [-0.4, -0.2) is 53.5 Å². The molecule has 1 fully saturated rings. The molecule has 0 aliphatic heterocycles. The number of aryl methyl sites for hydroxylation is 1. The summed E-state index contributed by atoms with van der Waals surface area (Å²) in [6, 6.07) is 11.9. The second kappa shape index (κ2) is 11.0. The molecule has 208 valence electrons. The maximum Gasteiger partial charge on any atom is 0.257 e. The van der Waals surface area contributed by atoms with Gasteiger partial charge in [0.2, 0.25) is 5.88 Å². The molecule has 0 spiro atoms. The molecular weight excluding hydrogens is 537 g/mol. The minimum absolute atomic E-state index is 0.0401. The average Bonchev–Trinajstić information content (AvgIpc) is 3.30. The van der Waals surface area contributed by atoms with Gasteiger partial charge in [-0.3, -0.25) is 9.59 Å². The van der Waals surface area contributed by atoms with Gasteiger partial charge in [0.1, 0.15) is 23.0 Å². The Morgan fingerprint density at radius 2 is 1.62 bits per heavy atom. The van der Waals surface area contributed by atoms with E-state index in [1.807, 2.05) is 13.0 Å². The van der Waals surface area contributed by atoms with Crippen LogP contribution in [-0.2, 0) is 9.84 Å². The molecule has 0 unspecified atom stereocenters. The van der Waals surface area contributed by atoms with Gasteiger partial charge in [-0.15, -0.1) is 0 Å². The van der Waals surface area contributed by atoms with Gasteiger partial charge in [0.15, 0.2) is 9.84 Å². The van der Waals surface area contributed by atoms with Gasteiger partial charge >= 0.3 is 0 Å². The summed E-state index contributed by atoms with van der Waals surface area (Å²) in [7, 11) is -3.48. The van der Waals surface area contributed by atoms with Crippen LogP contribution in [0.4, 0.5) is 4.39 Å². The third-order valence-electron chi connectivity index (χ3n) is 6.79. The molecule has 10 nitrogen and oxygen atoms in total. The maximum atomic E-state index is 14.0. The van der Waals surface area contributed by atoms with E-state index in [1.54, 1.807) is 12.1 Å². The van der Waals surface area contributed by atoms with E-state index in [4.69, 9.17) is 4.74 Å². The Hall–Kier alpha value is -4.32. The molecule has 2 aromatic heterocycles. The van der Waals surface area contributed by atoms with Crippen LogP contribution in [0, 0.1) is 12.7 Å². The highest BCUT2D eigenvalue weighted by atomic mass is 32.2. The number of hydrogen-bond donors (Lipinski definition) is 3. The van der Waals surface area contributed by atoms with Gasteiger partial charge in [-0.2, -0.15) is 0 Å². The van der Waals surface area contributed by atoms with Crippen LogP contribution in [0.1, 0.15) is 52.2 Å². The van der Waals surface area contributed by atoms with Gasteiger partial charge < -0.3 is 20.4 Å². The lowest BCUT2D eigenvalue weighted by atomic mass is 9.90. The van der Waals surface area contributed by atoms with Gasteiger partial charge in [-0.05, 0) is 69.0 Å². The number of amides is 2. The number of imidazole rings is 1. The minimum Gasteiger partial charge on any atom is -0.438 e. The quantitative estimate of drug-likeness (QED) is 0.306. The fourth-order valence-electron chi connectivity index (χ4n) is 4.80. The molecule has 1 aliphatic carbocycles. The molecule has 0 atom stereocenters. The summed E-state index contributed by atoms with van der Waals surface area (Å²) in [4.78, 5) is 37.5. The topological polar surface area (TPSA) is 143 Å². The zero-order valence-electron chi connectivity index (χ0n) is 21.9. The van der Waals surface area contributed by atoms with Crippen molar-refractivity contribution in [1.29, 1.82) is 0 Å². The van der Waals surface area contributed by atoms with E-state index in [9.17, 15) is 22.4 Å². The Balaban J connectivity index is 1.21. The number of carbonyl (C=O) groups excluding carboxylic acids is 2. The van der Waals surface area contributed by atoms with Crippen LogP contribution in [0.5, 0.6) is 11.6 Å². The molecule has 1 aliphatic rings. The maximum absolute atomic E-state index is 14.0. The number of halogens is 1. The molecule has 12 heteroatoms. The number of pyridine rings is 1. The van der Waals surface area contributed by atoms with Crippen molar-refractivity contribution in [3.05, 3.63) is 77.5 Å². The molecule has 1 saturated carbocycles. The number of aromatic nitrogens is 3. The normalized spacial score (nSPS) is 17.4. The van der Waals surface area contributed by atoms with Crippen LogP contribution in [0.2, 0.25) is 0 Å². The van der Waals surface area contributed by atoms with E-state index in [1.165, 1.54) is 24.3 Å². The molecule has 5 rings (SSSR count). The molecule has 2 amide bonds. The number of nitrogens with one attached hydrogen (secondary N) is 3. The summed E-state index contributed by atoms with van der Waals surface area (Å²) in [5.74, 6) is -0.723.